The van der Waals surface area contributed by atoms with E-state index in [-0.39, 0.29) is 109 Å². The molecule has 584 valence electrons. The van der Waals surface area contributed by atoms with Gasteiger partial charge in [0.2, 0.25) is 70.9 Å². The number of likely N-dealkylation sites (N-methyl/N-ethyl adjacent to an activating group) is 6. The Labute approximate surface area is 626 Å². The molecule has 0 bridgehead atoms. The van der Waals surface area contributed by atoms with Crippen molar-refractivity contribution < 1.29 is 75.4 Å². The van der Waals surface area contributed by atoms with Gasteiger partial charge in [-0.2, -0.15) is 13.2 Å². The van der Waals surface area contributed by atoms with E-state index in [0.717, 1.165) is 34.8 Å². The number of halogens is 4. The first-order chi connectivity index (χ1) is 50.2. The molecule has 1 spiro atoms. The summed E-state index contributed by atoms with van der Waals surface area (Å²) in [5.41, 5.74) is -1.81. The van der Waals surface area contributed by atoms with Crippen molar-refractivity contribution in [3.8, 4) is 0 Å². The van der Waals surface area contributed by atoms with Crippen LogP contribution in [0.5, 0.6) is 0 Å². The molecule has 29 heteroatoms. The first-order valence-corrected chi connectivity index (χ1v) is 37.6. The number of hydrogen-bond acceptors (Lipinski definition) is 13. The molecular weight excluding hydrogens is 1390 g/mol. The summed E-state index contributed by atoms with van der Waals surface area (Å²) in [4.78, 5) is 194. The zero-order chi connectivity index (χ0) is 78.1. The van der Waals surface area contributed by atoms with Crippen molar-refractivity contribution in [1.82, 2.24) is 60.0 Å². The molecule has 2 aromatic rings. The number of amides is 12. The van der Waals surface area contributed by atoms with Crippen LogP contribution in [0.1, 0.15) is 147 Å². The molecule has 2 saturated carbocycles. The SMILES string of the molecule is C=CCC[C@H]1C(=O)N(CC=C)[C@@H](Cc2ccccc2)C(=O)N(C)CC(=O)N[C@@H](CCc2ccc(C(F)(F)F)c(Cl)c2)C(=O)N2CCC[C@H]2C(=O)NC2(CCCC2)C(=O)N(C)[C@@H](C2CCCC2)C(=O)N(C)[C@H](C(=O)N2CCOCC2)CC(=O)N(C)[C@@H](CC(C)C)C(=O)N[C@@H]([C@@H](C)CC)C(=O)N(C)CC(=O)N1C. The molecule has 3 heterocycles. The Hall–Kier alpha value is -8.40. The van der Waals surface area contributed by atoms with Gasteiger partial charge in [0.15, 0.2) is 0 Å². The van der Waals surface area contributed by atoms with Gasteiger partial charge in [-0.25, -0.2) is 0 Å². The molecule has 106 heavy (non-hydrogen) atoms. The largest absolute Gasteiger partial charge is 0.417 e. The fourth-order valence-electron chi connectivity index (χ4n) is 15.4. The lowest BCUT2D eigenvalue weighted by Gasteiger charge is -2.42. The summed E-state index contributed by atoms with van der Waals surface area (Å²) in [5.74, 6) is -9.51. The van der Waals surface area contributed by atoms with Crippen LogP contribution in [0.25, 0.3) is 0 Å². The summed E-state index contributed by atoms with van der Waals surface area (Å²) in [6, 6.07) is 1.30. The third-order valence-corrected chi connectivity index (χ3v) is 22.2. The monoisotopic (exact) mass is 1500 g/mol. The molecular formula is C77H110ClF3N12O13. The molecule has 0 aromatic heterocycles. The van der Waals surface area contributed by atoms with E-state index in [2.05, 4.69) is 29.1 Å². The van der Waals surface area contributed by atoms with Gasteiger partial charge in [0.1, 0.15) is 53.9 Å². The number of rotatable bonds is 16. The third-order valence-electron chi connectivity index (χ3n) is 21.9. The number of nitrogens with zero attached hydrogens (tertiary/aromatic N) is 9. The van der Waals surface area contributed by atoms with Gasteiger partial charge in [-0.1, -0.05) is 120 Å². The third kappa shape index (κ3) is 21.1. The maximum Gasteiger partial charge on any atom is 0.417 e. The van der Waals surface area contributed by atoms with Crippen molar-refractivity contribution in [2.45, 2.75) is 203 Å². The van der Waals surface area contributed by atoms with Crippen LogP contribution >= 0.6 is 11.6 Å². The second-order valence-corrected chi connectivity index (χ2v) is 30.1. The highest BCUT2D eigenvalue weighted by Crippen LogP contribution is 2.39. The molecule has 5 fully saturated rings. The predicted molar refractivity (Wildman–Crippen MR) is 392 cm³/mol. The first-order valence-electron chi connectivity index (χ1n) is 37.3. The van der Waals surface area contributed by atoms with E-state index in [1.54, 1.807) is 43.3 Å². The Kier molecular flexibility index (Phi) is 30.8. The lowest BCUT2D eigenvalue weighted by molar-refractivity contribution is -0.157. The van der Waals surface area contributed by atoms with Crippen molar-refractivity contribution in [3.63, 3.8) is 0 Å². The van der Waals surface area contributed by atoms with Crippen molar-refractivity contribution in [2.75, 3.05) is 94.8 Å². The van der Waals surface area contributed by atoms with E-state index in [1.807, 2.05) is 20.8 Å². The van der Waals surface area contributed by atoms with Gasteiger partial charge in [0.05, 0.1) is 43.3 Å². The van der Waals surface area contributed by atoms with Crippen LogP contribution in [0.4, 0.5) is 13.2 Å². The number of allylic oxidation sites excluding steroid dienone is 1. The Morgan fingerprint density at radius 1 is 0.679 bits per heavy atom. The molecule has 5 aliphatic rings. The summed E-state index contributed by atoms with van der Waals surface area (Å²) in [6.07, 6.45) is 1.94. The van der Waals surface area contributed by atoms with Gasteiger partial charge in [-0.3, -0.25) is 57.5 Å². The standard InChI is InChI=1S/C77H110ClF3N12O13/c1-13-16-29-58-72(102)92(37-14-2)61(45-51-25-18-17-19-26-51)70(100)85(7)47-62(94)82-56(34-32-52-31-33-54(55(78)44-52)77(79,80)81)69(99)93-38-24-30-57(93)68(98)84-76(35-22-23-36-76)75(105)90(12)66(53-27-20-21-28-53)74(104)89(11)60(71(101)91-39-41-106-42-40-91)46-63(95)88(10)59(43-49(4)5)67(97)83-65(50(6)15-3)73(103)86(8)48-64(96)87(58)9/h13-14,17-19,25-26,31,33,44,49-50,53,56-61,65-66H,1-2,15-16,20-24,27-30,32,34-43,45-48H2,3-12H3,(H,82,94)(H,83,97)(H,84,98)/t50-,56-,57-,58-,59-,60-,61-,65-,66-/m0/s1. The minimum atomic E-state index is -4.78. The summed E-state index contributed by atoms with van der Waals surface area (Å²) in [7, 11) is 8.43. The molecule has 7 rings (SSSR count). The molecule has 3 saturated heterocycles. The van der Waals surface area contributed by atoms with Crippen LogP contribution < -0.4 is 16.0 Å². The minimum Gasteiger partial charge on any atom is -0.378 e. The number of alkyl halides is 3. The zero-order valence-corrected chi connectivity index (χ0v) is 64.0. The van der Waals surface area contributed by atoms with Crippen molar-refractivity contribution >= 4 is 82.5 Å². The van der Waals surface area contributed by atoms with Crippen molar-refractivity contribution in [1.29, 1.82) is 0 Å². The van der Waals surface area contributed by atoms with Crippen LogP contribution in [0.15, 0.2) is 73.8 Å². The van der Waals surface area contributed by atoms with E-state index in [1.165, 1.54) is 88.7 Å². The Morgan fingerprint density at radius 2 is 1.32 bits per heavy atom. The van der Waals surface area contributed by atoms with Crippen molar-refractivity contribution in [2.24, 2.45) is 17.8 Å². The number of carbonyl (C=O) groups is 12. The molecule has 25 nitrogen and oxygen atoms in total. The highest BCUT2D eigenvalue weighted by molar-refractivity contribution is 6.31. The van der Waals surface area contributed by atoms with Crippen LogP contribution in [-0.4, -0.2) is 264 Å². The van der Waals surface area contributed by atoms with Gasteiger partial charge in [0.25, 0.3) is 0 Å². The molecule has 12 amide bonds. The van der Waals surface area contributed by atoms with E-state index < -0.39 is 173 Å². The molecule has 0 radical (unpaired) electrons. The second-order valence-electron chi connectivity index (χ2n) is 29.7. The average molecular weight is 1500 g/mol. The number of fused-ring (bicyclic) bond motifs is 1. The van der Waals surface area contributed by atoms with Crippen molar-refractivity contribution in [3.05, 3.63) is 95.6 Å². The normalized spacial score (nSPS) is 25.5. The number of morpholine rings is 1. The van der Waals surface area contributed by atoms with E-state index in [0.29, 0.717) is 44.1 Å². The molecule has 0 unspecified atom stereocenters. The van der Waals surface area contributed by atoms with E-state index in [4.69, 9.17) is 16.3 Å². The predicted octanol–water partition coefficient (Wildman–Crippen LogP) is 6.04. The lowest BCUT2D eigenvalue weighted by atomic mass is 9.90. The summed E-state index contributed by atoms with van der Waals surface area (Å²) < 4.78 is 47.5. The highest BCUT2D eigenvalue weighted by Gasteiger charge is 2.52. The van der Waals surface area contributed by atoms with Gasteiger partial charge < -0.3 is 64.8 Å². The summed E-state index contributed by atoms with van der Waals surface area (Å²) >= 11 is 6.18. The number of benzene rings is 2. The maximum absolute atomic E-state index is 15.8. The van der Waals surface area contributed by atoms with E-state index >= 15 is 43.2 Å². The molecule has 2 aliphatic carbocycles. The fourth-order valence-corrected chi connectivity index (χ4v) is 15.7. The maximum atomic E-state index is 15.8. The number of aryl methyl sites for hydroxylation is 1. The Balaban J connectivity index is 1.34. The van der Waals surface area contributed by atoms with Crippen LogP contribution in [-0.2, 0) is 81.3 Å². The topological polar surface area (TPSA) is 279 Å². The molecule has 2 aromatic carbocycles. The molecule has 3 N–H and O–H groups in total. The van der Waals surface area contributed by atoms with Gasteiger partial charge in [-0.15, -0.1) is 13.2 Å². The van der Waals surface area contributed by atoms with E-state index in [9.17, 15) is 27.6 Å². The molecule has 3 aliphatic heterocycles. The average Bonchev–Trinajstić information content (AvgIpc) is 1.49. The second kappa shape index (κ2) is 38.4. The smallest absolute Gasteiger partial charge is 0.378 e. The number of carbonyl (C=O) groups excluding carboxylic acids is 12. The number of nitrogens with one attached hydrogen (secondary N) is 3. The van der Waals surface area contributed by atoms with Crippen LogP contribution in [0.3, 0.4) is 0 Å². The summed E-state index contributed by atoms with van der Waals surface area (Å²) in [6.45, 7) is 14.1. The lowest BCUT2D eigenvalue weighted by Crippen LogP contribution is -2.65. The first kappa shape index (κ1) is 84.9. The van der Waals surface area contributed by atoms with Gasteiger partial charge in [-0.05, 0) is 112 Å². The van der Waals surface area contributed by atoms with Crippen LogP contribution in [0, 0.1) is 17.8 Å². The number of hydrogen-bond donors (Lipinski definition) is 3. The minimum absolute atomic E-state index is 0.00385. The zero-order valence-electron chi connectivity index (χ0n) is 63.3. The quantitative estimate of drug-likeness (QED) is 0.162. The highest BCUT2D eigenvalue weighted by atomic mass is 35.5. The fraction of sp³-hybridized carbons (Fsp3) is 0.636. The molecule has 9 atom stereocenters. The Morgan fingerprint density at radius 3 is 1.92 bits per heavy atom. The Bertz CT molecular complexity index is 3490. The van der Waals surface area contributed by atoms with Gasteiger partial charge >= 0.3 is 6.18 Å². The van der Waals surface area contributed by atoms with Gasteiger partial charge in [0, 0.05) is 74.9 Å². The number of ether oxygens (including phenoxy) is 1. The summed E-state index contributed by atoms with van der Waals surface area (Å²) in [5, 5.41) is 8.14. The van der Waals surface area contributed by atoms with Crippen LogP contribution in [0.2, 0.25) is 5.02 Å².